The molecule has 0 bridgehead atoms. The first-order valence-corrected chi connectivity index (χ1v) is 15.8. The van der Waals surface area contributed by atoms with Crippen molar-refractivity contribution in [3.05, 3.63) is 76.9 Å². The zero-order chi connectivity index (χ0) is 31.1. The number of ether oxygens (including phenoxy) is 3. The van der Waals surface area contributed by atoms with Crippen LogP contribution in [0.2, 0.25) is 0 Å². The van der Waals surface area contributed by atoms with Crippen LogP contribution in [0.15, 0.2) is 59.5 Å². The number of benzene rings is 3. The molecule has 0 saturated carbocycles. The molecule has 230 valence electrons. The van der Waals surface area contributed by atoms with E-state index >= 15 is 0 Å². The number of hydrogen-bond acceptors (Lipinski definition) is 8. The van der Waals surface area contributed by atoms with Gasteiger partial charge in [-0.25, -0.2) is 13.1 Å². The average molecular weight is 609 g/mol. The average Bonchev–Trinajstić information content (AvgIpc) is 3.37. The number of esters is 1. The normalized spacial score (nSPS) is 12.4. The van der Waals surface area contributed by atoms with Gasteiger partial charge in [-0.1, -0.05) is 36.8 Å². The summed E-state index contributed by atoms with van der Waals surface area (Å²) in [6, 6.07) is 16.2. The third-order valence-electron chi connectivity index (χ3n) is 7.45. The highest BCUT2D eigenvalue weighted by Gasteiger charge is 2.25. The number of aryl methyl sites for hydroxylation is 2. The highest BCUT2D eigenvalue weighted by molar-refractivity contribution is 7.89. The molecule has 0 aliphatic carbocycles. The van der Waals surface area contributed by atoms with Gasteiger partial charge in [-0.2, -0.15) is 4.31 Å². The Labute approximate surface area is 253 Å². The summed E-state index contributed by atoms with van der Waals surface area (Å²) in [4.78, 5) is 12.9. The largest absolute Gasteiger partial charge is 0.494 e. The number of aromatic nitrogens is 3. The van der Waals surface area contributed by atoms with Gasteiger partial charge in [0.1, 0.15) is 22.5 Å². The molecule has 3 aromatic carbocycles. The van der Waals surface area contributed by atoms with Gasteiger partial charge in [0.25, 0.3) is 0 Å². The van der Waals surface area contributed by atoms with E-state index < -0.39 is 10.0 Å². The second-order valence-corrected chi connectivity index (χ2v) is 12.5. The lowest BCUT2D eigenvalue weighted by Crippen LogP contribution is -2.27. The molecule has 4 rings (SSSR count). The minimum Gasteiger partial charge on any atom is -0.494 e. The number of methoxy groups -OCH3 is 1. The predicted octanol–water partition coefficient (Wildman–Crippen LogP) is 5.37. The first-order chi connectivity index (χ1) is 20.6. The number of sulfonamides is 1. The first-order valence-electron chi connectivity index (χ1n) is 14.4. The van der Waals surface area contributed by atoms with Gasteiger partial charge in [0.05, 0.1) is 31.6 Å². The molecule has 43 heavy (non-hydrogen) atoms. The second kappa shape index (κ2) is 14.0. The third-order valence-corrected chi connectivity index (χ3v) is 9.27. The highest BCUT2D eigenvalue weighted by atomic mass is 32.2. The van der Waals surface area contributed by atoms with Crippen LogP contribution in [0.1, 0.15) is 61.3 Å². The summed E-state index contributed by atoms with van der Waals surface area (Å²) >= 11 is 0. The fraction of sp³-hybridized carbons (Fsp3) is 0.406. The molecule has 4 aromatic rings. The van der Waals surface area contributed by atoms with Crippen LogP contribution in [0.3, 0.4) is 0 Å². The summed E-state index contributed by atoms with van der Waals surface area (Å²) < 4.78 is 46.6. The first kappa shape index (κ1) is 32.0. The number of nitrogens with zero attached hydrogens (tertiary/aromatic N) is 4. The molecule has 1 heterocycles. The molecule has 0 spiro atoms. The van der Waals surface area contributed by atoms with Gasteiger partial charge in [-0.3, -0.25) is 4.79 Å². The fourth-order valence-electron chi connectivity index (χ4n) is 4.97. The number of carbonyl (C=O) groups excluding carboxylic acids is 1. The standard InChI is InChI=1S/C32H40N4O6S/c1-7-9-16-42-26-12-14-27(15-13-26)43(38,39)35(4)21-25-17-23(11-10-22(25)3)28(20-31(37)41-8-2)24-18-29-32(30(19-24)40-6)36(5)34-33-29/h10-15,17-19,28H,7-9,16,20-21H2,1-6H3. The molecule has 0 radical (unpaired) electrons. The van der Waals surface area contributed by atoms with E-state index in [1.165, 1.54) is 4.31 Å². The van der Waals surface area contributed by atoms with Crippen molar-refractivity contribution in [3.8, 4) is 11.5 Å². The summed E-state index contributed by atoms with van der Waals surface area (Å²) in [5.74, 6) is 0.506. The Hall–Kier alpha value is -3.96. The van der Waals surface area contributed by atoms with Crippen LogP contribution in [-0.2, 0) is 33.1 Å². The number of fused-ring (bicyclic) bond motifs is 1. The Morgan fingerprint density at radius 3 is 2.47 bits per heavy atom. The molecule has 1 unspecified atom stereocenters. The molecule has 11 heteroatoms. The molecular weight excluding hydrogens is 568 g/mol. The van der Waals surface area contributed by atoms with E-state index in [2.05, 4.69) is 17.2 Å². The maximum absolute atomic E-state index is 13.5. The Morgan fingerprint density at radius 1 is 1.05 bits per heavy atom. The van der Waals surface area contributed by atoms with Crippen molar-refractivity contribution in [2.24, 2.45) is 7.05 Å². The molecule has 0 N–H and O–H groups in total. The zero-order valence-corrected chi connectivity index (χ0v) is 26.5. The molecule has 0 amide bonds. The Morgan fingerprint density at radius 2 is 1.79 bits per heavy atom. The van der Waals surface area contributed by atoms with Gasteiger partial charge in [0.15, 0.2) is 0 Å². The van der Waals surface area contributed by atoms with Gasteiger partial charge in [-0.05, 0) is 78.9 Å². The molecule has 0 saturated heterocycles. The summed E-state index contributed by atoms with van der Waals surface area (Å²) in [6.45, 7) is 6.81. The van der Waals surface area contributed by atoms with Crippen LogP contribution >= 0.6 is 0 Å². The SMILES string of the molecule is CCCCOc1ccc(S(=O)(=O)N(C)Cc2cc(C(CC(=O)OCC)c3cc(OC)c4c(c3)nnn4C)ccc2C)cc1. The number of carbonyl (C=O) groups is 1. The monoisotopic (exact) mass is 608 g/mol. The van der Waals surface area contributed by atoms with Crippen LogP contribution in [0, 0.1) is 6.92 Å². The molecule has 0 fully saturated rings. The second-order valence-electron chi connectivity index (χ2n) is 10.5. The fourth-order valence-corrected chi connectivity index (χ4v) is 6.12. The van der Waals surface area contributed by atoms with E-state index in [0.29, 0.717) is 23.6 Å². The smallest absolute Gasteiger partial charge is 0.306 e. The predicted molar refractivity (Wildman–Crippen MR) is 165 cm³/mol. The van der Waals surface area contributed by atoms with Crippen molar-refractivity contribution >= 4 is 27.0 Å². The molecule has 1 aromatic heterocycles. The molecule has 1 atom stereocenters. The van der Waals surface area contributed by atoms with Crippen molar-refractivity contribution in [1.82, 2.24) is 19.3 Å². The van der Waals surface area contributed by atoms with E-state index in [1.807, 2.05) is 37.3 Å². The van der Waals surface area contributed by atoms with Crippen molar-refractivity contribution < 1.29 is 27.4 Å². The van der Waals surface area contributed by atoms with Gasteiger partial charge in [0.2, 0.25) is 10.0 Å². The highest BCUT2D eigenvalue weighted by Crippen LogP contribution is 2.36. The molecular formula is C32H40N4O6S. The molecule has 10 nitrogen and oxygen atoms in total. The van der Waals surface area contributed by atoms with E-state index in [1.54, 1.807) is 57.1 Å². The Balaban J connectivity index is 1.65. The molecule has 0 aliphatic heterocycles. The van der Waals surface area contributed by atoms with Gasteiger partial charge < -0.3 is 14.2 Å². The van der Waals surface area contributed by atoms with Gasteiger partial charge in [0, 0.05) is 26.6 Å². The minimum atomic E-state index is -3.77. The lowest BCUT2D eigenvalue weighted by molar-refractivity contribution is -0.143. The van der Waals surface area contributed by atoms with Crippen LogP contribution in [0.5, 0.6) is 11.5 Å². The maximum Gasteiger partial charge on any atom is 0.306 e. The third kappa shape index (κ3) is 7.34. The summed E-state index contributed by atoms with van der Waals surface area (Å²) in [5, 5.41) is 8.39. The van der Waals surface area contributed by atoms with Crippen molar-refractivity contribution in [2.45, 2.75) is 57.4 Å². The van der Waals surface area contributed by atoms with E-state index in [0.717, 1.165) is 40.6 Å². The van der Waals surface area contributed by atoms with E-state index in [-0.39, 0.29) is 36.4 Å². The topological polar surface area (TPSA) is 113 Å². The zero-order valence-electron chi connectivity index (χ0n) is 25.7. The van der Waals surface area contributed by atoms with Crippen LogP contribution in [0.25, 0.3) is 11.0 Å². The molecule has 0 aliphatic rings. The maximum atomic E-state index is 13.5. The van der Waals surface area contributed by atoms with Gasteiger partial charge in [-0.15, -0.1) is 5.10 Å². The van der Waals surface area contributed by atoms with Crippen LogP contribution < -0.4 is 9.47 Å². The van der Waals surface area contributed by atoms with Crippen molar-refractivity contribution in [2.75, 3.05) is 27.4 Å². The number of hydrogen-bond donors (Lipinski definition) is 0. The lowest BCUT2D eigenvalue weighted by Gasteiger charge is -2.22. The summed E-state index contributed by atoms with van der Waals surface area (Å²) in [7, 11) is 1.17. The lowest BCUT2D eigenvalue weighted by atomic mass is 9.86. The minimum absolute atomic E-state index is 0.0894. The van der Waals surface area contributed by atoms with E-state index in [9.17, 15) is 13.2 Å². The van der Waals surface area contributed by atoms with Crippen LogP contribution in [-0.4, -0.2) is 61.1 Å². The number of unbranched alkanes of at least 4 members (excludes halogenated alkanes) is 1. The Kier molecular flexibility index (Phi) is 10.4. The van der Waals surface area contributed by atoms with Crippen molar-refractivity contribution in [1.29, 1.82) is 0 Å². The van der Waals surface area contributed by atoms with Crippen molar-refractivity contribution in [3.63, 3.8) is 0 Å². The summed E-state index contributed by atoms with van der Waals surface area (Å²) in [5.41, 5.74) is 4.81. The number of rotatable bonds is 14. The quantitative estimate of drug-likeness (QED) is 0.139. The van der Waals surface area contributed by atoms with E-state index in [4.69, 9.17) is 14.2 Å². The Bertz CT molecular complexity index is 1670. The van der Waals surface area contributed by atoms with Gasteiger partial charge >= 0.3 is 5.97 Å². The summed E-state index contributed by atoms with van der Waals surface area (Å²) in [6.07, 6.45) is 2.04. The van der Waals surface area contributed by atoms with Crippen LogP contribution in [0.4, 0.5) is 0 Å².